The molecule has 102 valence electrons. The zero-order chi connectivity index (χ0) is 13.6. The lowest BCUT2D eigenvalue weighted by Crippen LogP contribution is -2.47. The van der Waals surface area contributed by atoms with Crippen molar-refractivity contribution in [2.75, 3.05) is 13.1 Å². The topological polar surface area (TPSA) is 36.4 Å². The third-order valence-electron chi connectivity index (χ3n) is 2.39. The fourth-order valence-electron chi connectivity index (χ4n) is 1.55. The van der Waals surface area contributed by atoms with Crippen LogP contribution in [0.25, 0.3) is 0 Å². The fourth-order valence-corrected chi connectivity index (χ4v) is 2.33. The number of guanidine groups is 1. The molecule has 0 spiro atoms. The second-order valence-corrected chi connectivity index (χ2v) is 6.49. The van der Waals surface area contributed by atoms with Gasteiger partial charge in [-0.25, -0.2) is 0 Å². The highest BCUT2D eigenvalue weighted by Gasteiger charge is 2.12. The molecule has 1 unspecified atom stereocenters. The summed E-state index contributed by atoms with van der Waals surface area (Å²) in [6.07, 6.45) is 0. The Morgan fingerprint density at radius 1 is 1.44 bits per heavy atom. The first-order valence-electron chi connectivity index (χ1n) is 6.52. The summed E-state index contributed by atoms with van der Waals surface area (Å²) in [6, 6.07) is 4.27. The summed E-state index contributed by atoms with van der Waals surface area (Å²) in [5, 5.41) is 8.80. The van der Waals surface area contributed by atoms with Crippen molar-refractivity contribution in [1.82, 2.24) is 10.6 Å². The number of thiophene rings is 1. The average molecular weight is 267 g/mol. The van der Waals surface area contributed by atoms with Gasteiger partial charge in [-0.3, -0.25) is 4.99 Å². The van der Waals surface area contributed by atoms with Gasteiger partial charge in [-0.2, -0.15) is 0 Å². The first-order chi connectivity index (χ1) is 8.42. The van der Waals surface area contributed by atoms with Crippen LogP contribution in [0.15, 0.2) is 22.5 Å². The van der Waals surface area contributed by atoms with E-state index in [9.17, 15) is 0 Å². The molecule has 1 heterocycles. The molecule has 2 N–H and O–H groups in total. The lowest BCUT2D eigenvalue weighted by molar-refractivity contribution is 0.501. The Hall–Kier alpha value is -1.03. The molecule has 0 amide bonds. The van der Waals surface area contributed by atoms with Crippen LogP contribution in [0.2, 0.25) is 0 Å². The Bertz CT molecular complexity index is 363. The molecule has 0 aromatic carbocycles. The molecule has 0 aliphatic heterocycles. The summed E-state index contributed by atoms with van der Waals surface area (Å²) >= 11 is 1.80. The van der Waals surface area contributed by atoms with Crippen LogP contribution in [0.4, 0.5) is 0 Å². The molecule has 1 rings (SSSR count). The maximum atomic E-state index is 4.66. The van der Waals surface area contributed by atoms with E-state index in [2.05, 4.69) is 67.8 Å². The zero-order valence-corrected chi connectivity index (χ0v) is 12.9. The number of rotatable bonds is 4. The van der Waals surface area contributed by atoms with Gasteiger partial charge in [-0.05, 0) is 39.1 Å². The fraction of sp³-hybridized carbons (Fsp3) is 0.643. The van der Waals surface area contributed by atoms with Gasteiger partial charge in [-0.15, -0.1) is 11.3 Å². The van der Waals surface area contributed by atoms with Crippen LogP contribution in [-0.2, 0) is 0 Å². The van der Waals surface area contributed by atoms with E-state index in [1.54, 1.807) is 11.3 Å². The van der Waals surface area contributed by atoms with Gasteiger partial charge < -0.3 is 10.6 Å². The lowest BCUT2D eigenvalue weighted by atomic mass is 10.1. The van der Waals surface area contributed by atoms with E-state index in [4.69, 9.17) is 0 Å². The number of aliphatic imine (C=N–C) groups is 1. The van der Waals surface area contributed by atoms with E-state index < -0.39 is 0 Å². The Balaban J connectivity index is 2.60. The maximum Gasteiger partial charge on any atom is 0.191 e. The molecule has 3 nitrogen and oxygen atoms in total. The molecule has 0 bridgehead atoms. The van der Waals surface area contributed by atoms with Crippen molar-refractivity contribution >= 4 is 17.3 Å². The van der Waals surface area contributed by atoms with Gasteiger partial charge in [0.15, 0.2) is 5.96 Å². The normalized spacial score (nSPS) is 14.4. The Kier molecular flexibility index (Phi) is 5.66. The molecule has 18 heavy (non-hydrogen) atoms. The van der Waals surface area contributed by atoms with Gasteiger partial charge in [0, 0.05) is 22.9 Å². The Morgan fingerprint density at radius 2 is 2.17 bits per heavy atom. The van der Waals surface area contributed by atoms with Gasteiger partial charge in [0.05, 0.1) is 6.54 Å². The third kappa shape index (κ3) is 5.54. The molecular formula is C14H25N3S. The number of hydrogen-bond acceptors (Lipinski definition) is 2. The van der Waals surface area contributed by atoms with Gasteiger partial charge >= 0.3 is 0 Å². The Morgan fingerprint density at radius 3 is 2.67 bits per heavy atom. The highest BCUT2D eigenvalue weighted by Crippen LogP contribution is 2.20. The summed E-state index contributed by atoms with van der Waals surface area (Å²) in [5.74, 6) is 1.37. The molecule has 1 aromatic rings. The van der Waals surface area contributed by atoms with E-state index in [0.29, 0.717) is 5.92 Å². The van der Waals surface area contributed by atoms with Crippen LogP contribution in [-0.4, -0.2) is 24.6 Å². The SMILES string of the molecule is CCNC(=NCC(C)c1cccs1)NC(C)(C)C. The van der Waals surface area contributed by atoms with E-state index in [-0.39, 0.29) is 5.54 Å². The summed E-state index contributed by atoms with van der Waals surface area (Å²) in [4.78, 5) is 6.05. The van der Waals surface area contributed by atoms with Crippen molar-refractivity contribution in [2.45, 2.75) is 46.1 Å². The maximum absolute atomic E-state index is 4.66. The third-order valence-corrected chi connectivity index (χ3v) is 3.49. The first kappa shape index (κ1) is 15.0. The summed E-state index contributed by atoms with van der Waals surface area (Å²) in [7, 11) is 0. The van der Waals surface area contributed by atoms with Crippen molar-refractivity contribution in [2.24, 2.45) is 4.99 Å². The highest BCUT2D eigenvalue weighted by atomic mass is 32.1. The van der Waals surface area contributed by atoms with E-state index in [1.807, 2.05) is 0 Å². The first-order valence-corrected chi connectivity index (χ1v) is 7.40. The minimum absolute atomic E-state index is 0.0349. The standard InChI is InChI=1S/C14H25N3S/c1-6-15-13(17-14(3,4)5)16-10-11(2)12-8-7-9-18-12/h7-9,11H,6,10H2,1-5H3,(H2,15,16,17). The monoisotopic (exact) mass is 267 g/mol. The van der Waals surface area contributed by atoms with Crippen LogP contribution < -0.4 is 10.6 Å². The van der Waals surface area contributed by atoms with Crippen LogP contribution in [0.5, 0.6) is 0 Å². The van der Waals surface area contributed by atoms with E-state index in [0.717, 1.165) is 19.0 Å². The van der Waals surface area contributed by atoms with Crippen molar-refractivity contribution in [3.8, 4) is 0 Å². The smallest absolute Gasteiger partial charge is 0.191 e. The van der Waals surface area contributed by atoms with Gasteiger partial charge in [0.1, 0.15) is 0 Å². The minimum Gasteiger partial charge on any atom is -0.357 e. The van der Waals surface area contributed by atoms with Crippen LogP contribution in [0.3, 0.4) is 0 Å². The molecule has 0 saturated carbocycles. The van der Waals surface area contributed by atoms with Gasteiger partial charge in [-0.1, -0.05) is 13.0 Å². The number of hydrogen-bond donors (Lipinski definition) is 2. The number of nitrogens with one attached hydrogen (secondary N) is 2. The molecule has 0 fully saturated rings. The molecule has 4 heteroatoms. The molecule has 0 radical (unpaired) electrons. The molecule has 1 atom stereocenters. The quantitative estimate of drug-likeness (QED) is 0.649. The second-order valence-electron chi connectivity index (χ2n) is 5.51. The van der Waals surface area contributed by atoms with E-state index >= 15 is 0 Å². The molecule has 0 aliphatic rings. The van der Waals surface area contributed by atoms with Crippen molar-refractivity contribution in [3.05, 3.63) is 22.4 Å². The lowest BCUT2D eigenvalue weighted by Gasteiger charge is -2.24. The molecule has 0 saturated heterocycles. The summed E-state index contributed by atoms with van der Waals surface area (Å²) in [5.41, 5.74) is 0.0349. The predicted octanol–water partition coefficient (Wildman–Crippen LogP) is 3.21. The zero-order valence-electron chi connectivity index (χ0n) is 12.1. The predicted molar refractivity (Wildman–Crippen MR) is 81.6 cm³/mol. The Labute approximate surface area is 115 Å². The molecule has 1 aromatic heterocycles. The summed E-state index contributed by atoms with van der Waals surface area (Å²) in [6.45, 7) is 12.4. The van der Waals surface area contributed by atoms with Gasteiger partial charge in [0.2, 0.25) is 0 Å². The van der Waals surface area contributed by atoms with Gasteiger partial charge in [0.25, 0.3) is 0 Å². The molecular weight excluding hydrogens is 242 g/mol. The largest absolute Gasteiger partial charge is 0.357 e. The van der Waals surface area contributed by atoms with Crippen molar-refractivity contribution in [3.63, 3.8) is 0 Å². The van der Waals surface area contributed by atoms with Crippen molar-refractivity contribution < 1.29 is 0 Å². The minimum atomic E-state index is 0.0349. The van der Waals surface area contributed by atoms with Crippen LogP contribution in [0.1, 0.15) is 45.4 Å². The number of nitrogens with zero attached hydrogens (tertiary/aromatic N) is 1. The average Bonchev–Trinajstić information content (AvgIpc) is 2.77. The highest BCUT2D eigenvalue weighted by molar-refractivity contribution is 7.10. The second kappa shape index (κ2) is 6.78. The van der Waals surface area contributed by atoms with Crippen LogP contribution in [0, 0.1) is 0 Å². The summed E-state index contributed by atoms with van der Waals surface area (Å²) < 4.78 is 0. The van der Waals surface area contributed by atoms with Crippen LogP contribution >= 0.6 is 11.3 Å². The van der Waals surface area contributed by atoms with E-state index in [1.165, 1.54) is 4.88 Å². The molecule has 0 aliphatic carbocycles. The van der Waals surface area contributed by atoms with Crippen molar-refractivity contribution in [1.29, 1.82) is 0 Å².